The molecule has 1 aromatic carbocycles. The number of anilines is 1. The fourth-order valence-corrected chi connectivity index (χ4v) is 2.73. The molecule has 0 saturated heterocycles. The van der Waals surface area contributed by atoms with Crippen molar-refractivity contribution in [3.63, 3.8) is 0 Å². The zero-order chi connectivity index (χ0) is 22.9. The van der Waals surface area contributed by atoms with Gasteiger partial charge in [0, 0.05) is 14.1 Å². The molecule has 0 aliphatic carbocycles. The molecule has 0 unspecified atom stereocenters. The van der Waals surface area contributed by atoms with E-state index in [1.54, 1.807) is 46.7 Å². The molecule has 1 amide bonds. The van der Waals surface area contributed by atoms with Crippen LogP contribution in [0.2, 0.25) is 0 Å². The van der Waals surface area contributed by atoms with Gasteiger partial charge in [0.05, 0.1) is 17.7 Å². The molecule has 31 heavy (non-hydrogen) atoms. The van der Waals surface area contributed by atoms with Crippen molar-refractivity contribution in [2.24, 2.45) is 4.99 Å². The standard InChI is InChI=1S/C20H23F2N7O2/c1-11-16-17(18(24-9-23-16)25-10-28(5)6)29(27-11)13-8-7-12(14(21)15(13)22)26-19(30)31-20(2,3)4/h7-10H,1-6H3,(H,26,30). The zero-order valence-corrected chi connectivity index (χ0v) is 18.1. The highest BCUT2D eigenvalue weighted by molar-refractivity contribution is 5.89. The van der Waals surface area contributed by atoms with Gasteiger partial charge in [0.2, 0.25) is 0 Å². The van der Waals surface area contributed by atoms with Gasteiger partial charge >= 0.3 is 6.09 Å². The van der Waals surface area contributed by atoms with E-state index in [1.807, 2.05) is 0 Å². The van der Waals surface area contributed by atoms with Crippen LogP contribution >= 0.6 is 0 Å². The Kier molecular flexibility index (Phi) is 5.87. The smallest absolute Gasteiger partial charge is 0.412 e. The van der Waals surface area contributed by atoms with Gasteiger partial charge in [-0.2, -0.15) is 5.10 Å². The fourth-order valence-electron chi connectivity index (χ4n) is 2.73. The van der Waals surface area contributed by atoms with E-state index >= 15 is 4.39 Å². The number of rotatable bonds is 4. The Hall–Kier alpha value is -3.63. The zero-order valence-electron chi connectivity index (χ0n) is 18.1. The van der Waals surface area contributed by atoms with Crippen molar-refractivity contribution in [2.45, 2.75) is 33.3 Å². The Bertz CT molecular complexity index is 1170. The van der Waals surface area contributed by atoms with Gasteiger partial charge in [-0.15, -0.1) is 0 Å². The number of carbonyl (C=O) groups is 1. The highest BCUT2D eigenvalue weighted by atomic mass is 19.2. The van der Waals surface area contributed by atoms with Crippen molar-refractivity contribution >= 4 is 35.0 Å². The topological polar surface area (TPSA) is 97.5 Å². The van der Waals surface area contributed by atoms with Crippen molar-refractivity contribution in [1.29, 1.82) is 0 Å². The highest BCUT2D eigenvalue weighted by Gasteiger charge is 2.23. The second kappa shape index (κ2) is 8.25. The van der Waals surface area contributed by atoms with Crippen molar-refractivity contribution in [3.8, 4) is 5.69 Å². The van der Waals surface area contributed by atoms with Crippen LogP contribution in [0, 0.1) is 18.6 Å². The first kappa shape index (κ1) is 22.1. The largest absolute Gasteiger partial charge is 0.444 e. The van der Waals surface area contributed by atoms with E-state index in [-0.39, 0.29) is 17.2 Å². The minimum atomic E-state index is -1.25. The third-order valence-corrected chi connectivity index (χ3v) is 3.94. The molecule has 0 atom stereocenters. The summed E-state index contributed by atoms with van der Waals surface area (Å²) in [7, 11) is 3.58. The number of aryl methyl sites for hydroxylation is 1. The molecule has 1 N–H and O–H groups in total. The van der Waals surface area contributed by atoms with Crippen LogP contribution in [0.3, 0.4) is 0 Å². The molecule has 3 aromatic rings. The Balaban J connectivity index is 2.08. The van der Waals surface area contributed by atoms with E-state index in [1.165, 1.54) is 29.5 Å². The molecule has 0 spiro atoms. The molecule has 0 fully saturated rings. The molecule has 2 heterocycles. The second-order valence-corrected chi connectivity index (χ2v) is 7.99. The number of aliphatic imine (C=N–C) groups is 1. The van der Waals surface area contributed by atoms with Crippen LogP contribution in [0.5, 0.6) is 0 Å². The minimum Gasteiger partial charge on any atom is -0.444 e. The van der Waals surface area contributed by atoms with E-state index < -0.39 is 23.3 Å². The summed E-state index contributed by atoms with van der Waals surface area (Å²) in [6.07, 6.45) is 1.96. The lowest BCUT2D eigenvalue weighted by atomic mass is 10.2. The van der Waals surface area contributed by atoms with Crippen LogP contribution in [0.15, 0.2) is 23.5 Å². The lowest BCUT2D eigenvalue weighted by Crippen LogP contribution is -2.27. The van der Waals surface area contributed by atoms with Gasteiger partial charge in [0.1, 0.15) is 28.6 Å². The van der Waals surface area contributed by atoms with E-state index in [2.05, 4.69) is 25.4 Å². The molecule has 2 aromatic heterocycles. The van der Waals surface area contributed by atoms with Crippen LogP contribution in [-0.2, 0) is 4.74 Å². The van der Waals surface area contributed by atoms with Gasteiger partial charge in [-0.3, -0.25) is 5.32 Å². The van der Waals surface area contributed by atoms with Crippen LogP contribution in [0.1, 0.15) is 26.5 Å². The summed E-state index contributed by atoms with van der Waals surface area (Å²) in [5.74, 6) is -2.21. The minimum absolute atomic E-state index is 0.179. The Morgan fingerprint density at radius 2 is 1.94 bits per heavy atom. The third-order valence-electron chi connectivity index (χ3n) is 3.94. The van der Waals surface area contributed by atoms with Gasteiger partial charge in [0.15, 0.2) is 17.5 Å². The summed E-state index contributed by atoms with van der Waals surface area (Å²) < 4.78 is 36.0. The van der Waals surface area contributed by atoms with Gasteiger partial charge in [-0.05, 0) is 39.8 Å². The number of nitrogens with zero attached hydrogens (tertiary/aromatic N) is 6. The predicted molar refractivity (Wildman–Crippen MR) is 113 cm³/mol. The molecule has 11 heteroatoms. The monoisotopic (exact) mass is 431 g/mol. The van der Waals surface area contributed by atoms with Gasteiger partial charge in [0.25, 0.3) is 0 Å². The van der Waals surface area contributed by atoms with Crippen molar-refractivity contribution in [1.82, 2.24) is 24.6 Å². The molecule has 9 nitrogen and oxygen atoms in total. The van der Waals surface area contributed by atoms with Gasteiger partial charge in [-0.25, -0.2) is 33.2 Å². The van der Waals surface area contributed by atoms with Crippen molar-refractivity contribution in [2.75, 3.05) is 19.4 Å². The predicted octanol–water partition coefficient (Wildman–Crippen LogP) is 3.97. The first-order chi connectivity index (χ1) is 14.5. The molecule has 164 valence electrons. The van der Waals surface area contributed by atoms with Crippen molar-refractivity contribution in [3.05, 3.63) is 35.8 Å². The SMILES string of the molecule is Cc1nn(-c2ccc(NC(=O)OC(C)(C)C)c(F)c2F)c2c(N=CN(C)C)ncnc12. The number of nitrogens with one attached hydrogen (secondary N) is 1. The van der Waals surface area contributed by atoms with Crippen LogP contribution in [0.25, 0.3) is 16.7 Å². The van der Waals surface area contributed by atoms with Gasteiger partial charge < -0.3 is 9.64 Å². The molecule has 0 aliphatic rings. The summed E-state index contributed by atoms with van der Waals surface area (Å²) in [6, 6.07) is 2.52. The molecule has 3 rings (SSSR count). The molecular weight excluding hydrogens is 408 g/mol. The van der Waals surface area contributed by atoms with Gasteiger partial charge in [-0.1, -0.05) is 0 Å². The van der Waals surface area contributed by atoms with Crippen molar-refractivity contribution < 1.29 is 18.3 Å². The summed E-state index contributed by atoms with van der Waals surface area (Å²) in [5.41, 5.74) is -0.0452. The number of benzene rings is 1. The molecule has 0 saturated carbocycles. The number of ether oxygens (including phenoxy) is 1. The molecule has 0 radical (unpaired) electrons. The number of amides is 1. The van der Waals surface area contributed by atoms with E-state index in [9.17, 15) is 9.18 Å². The molecular formula is C20H23F2N7O2. The summed E-state index contributed by atoms with van der Waals surface area (Å²) >= 11 is 0. The number of fused-ring (bicyclic) bond motifs is 1. The quantitative estimate of drug-likeness (QED) is 0.496. The number of halogens is 2. The number of hydrogen-bond donors (Lipinski definition) is 1. The van der Waals surface area contributed by atoms with E-state index in [4.69, 9.17) is 4.74 Å². The summed E-state index contributed by atoms with van der Waals surface area (Å²) in [6.45, 7) is 6.68. The summed E-state index contributed by atoms with van der Waals surface area (Å²) in [4.78, 5) is 26.2. The fraction of sp³-hybridized carbons (Fsp3) is 0.350. The number of carbonyl (C=O) groups excluding carboxylic acids is 1. The highest BCUT2D eigenvalue weighted by Crippen LogP contribution is 2.30. The number of hydrogen-bond acceptors (Lipinski definition) is 6. The van der Waals surface area contributed by atoms with E-state index in [0.717, 1.165) is 0 Å². The first-order valence-electron chi connectivity index (χ1n) is 9.37. The molecule has 0 bridgehead atoms. The van der Waals surface area contributed by atoms with Crippen LogP contribution < -0.4 is 5.32 Å². The maximum atomic E-state index is 15.0. The van der Waals surface area contributed by atoms with E-state index in [0.29, 0.717) is 16.7 Å². The third kappa shape index (κ3) is 4.76. The number of aromatic nitrogens is 4. The summed E-state index contributed by atoms with van der Waals surface area (Å²) in [5, 5.41) is 6.51. The Morgan fingerprint density at radius 1 is 1.23 bits per heavy atom. The normalized spacial score (nSPS) is 11.9. The van der Waals surface area contributed by atoms with Crippen LogP contribution in [0.4, 0.5) is 25.1 Å². The Labute approximate surface area is 177 Å². The lowest BCUT2D eigenvalue weighted by Gasteiger charge is -2.20. The second-order valence-electron chi connectivity index (χ2n) is 7.99. The maximum absolute atomic E-state index is 15.0. The first-order valence-corrected chi connectivity index (χ1v) is 9.37. The maximum Gasteiger partial charge on any atom is 0.412 e. The van der Waals surface area contributed by atoms with Crippen LogP contribution in [-0.4, -0.2) is 56.8 Å². The average Bonchev–Trinajstić information content (AvgIpc) is 3.00. The molecule has 0 aliphatic heterocycles. The lowest BCUT2D eigenvalue weighted by molar-refractivity contribution is 0.0635. The Morgan fingerprint density at radius 3 is 2.58 bits per heavy atom. The average molecular weight is 431 g/mol.